The normalized spacial score (nSPS) is 10.1. The second-order valence-corrected chi connectivity index (χ2v) is 4.07. The first-order valence-electron chi connectivity index (χ1n) is 5.90. The Morgan fingerprint density at radius 3 is 2.20 bits per heavy atom. The number of Topliss-reactive ketones (excluding diaryl/α,β-unsaturated/α-hetero) is 2. The molecule has 2 aromatic rings. The highest BCUT2D eigenvalue weighted by Crippen LogP contribution is 2.11. The lowest BCUT2D eigenvalue weighted by Crippen LogP contribution is -2.08. The molecule has 2 rings (SSSR count). The molecule has 0 aliphatic carbocycles. The van der Waals surface area contributed by atoms with Crippen molar-refractivity contribution in [3.05, 3.63) is 59.5 Å². The minimum Gasteiger partial charge on any atom is -0.465 e. The molecular weight excluding hydrogens is 260 g/mol. The summed E-state index contributed by atoms with van der Waals surface area (Å²) in [7, 11) is 1.28. The van der Waals surface area contributed by atoms with Crippen LogP contribution in [-0.2, 0) is 4.74 Å². The Morgan fingerprint density at radius 2 is 1.65 bits per heavy atom. The third kappa shape index (κ3) is 3.00. The molecule has 0 aliphatic rings. The highest BCUT2D eigenvalue weighted by molar-refractivity contribution is 6.12. The largest absolute Gasteiger partial charge is 0.465 e. The summed E-state index contributed by atoms with van der Waals surface area (Å²) in [5.41, 5.74) is 0.707. The van der Waals surface area contributed by atoms with Crippen molar-refractivity contribution in [3.63, 3.8) is 0 Å². The molecule has 0 saturated heterocycles. The Kier molecular flexibility index (Phi) is 4.10. The van der Waals surface area contributed by atoms with E-state index < -0.39 is 5.97 Å². The molecular formula is C15H12O5. The summed E-state index contributed by atoms with van der Waals surface area (Å²) in [6.07, 6.45) is 1.11. The maximum atomic E-state index is 11.9. The second-order valence-electron chi connectivity index (χ2n) is 4.07. The van der Waals surface area contributed by atoms with Gasteiger partial charge < -0.3 is 9.15 Å². The van der Waals surface area contributed by atoms with Gasteiger partial charge in [0.25, 0.3) is 0 Å². The molecule has 1 aromatic carbocycles. The highest BCUT2D eigenvalue weighted by atomic mass is 16.5. The van der Waals surface area contributed by atoms with Gasteiger partial charge in [-0.25, -0.2) is 4.79 Å². The van der Waals surface area contributed by atoms with Crippen molar-refractivity contribution < 1.29 is 23.5 Å². The van der Waals surface area contributed by atoms with Crippen molar-refractivity contribution >= 4 is 17.5 Å². The second kappa shape index (κ2) is 5.97. The molecule has 0 fully saturated rings. The summed E-state index contributed by atoms with van der Waals surface area (Å²) in [6, 6.07) is 9.04. The number of rotatable bonds is 5. The van der Waals surface area contributed by atoms with Gasteiger partial charge in [-0.2, -0.15) is 0 Å². The standard InChI is InChI=1S/C15H12O5/c1-19-15(18)11-6-4-10(5-7-11)12(16)9-13(17)14-3-2-8-20-14/h2-8H,9H2,1H3. The number of carbonyl (C=O) groups is 3. The van der Waals surface area contributed by atoms with Crippen molar-refractivity contribution in [1.82, 2.24) is 0 Å². The third-order valence-electron chi connectivity index (χ3n) is 2.75. The number of benzene rings is 1. The molecule has 0 saturated carbocycles. The van der Waals surface area contributed by atoms with E-state index in [1.54, 1.807) is 6.07 Å². The van der Waals surface area contributed by atoms with Gasteiger partial charge in [-0.1, -0.05) is 12.1 Å². The van der Waals surface area contributed by atoms with Crippen LogP contribution in [-0.4, -0.2) is 24.6 Å². The van der Waals surface area contributed by atoms with Gasteiger partial charge in [0.1, 0.15) is 0 Å². The van der Waals surface area contributed by atoms with Crippen LogP contribution >= 0.6 is 0 Å². The number of hydrogen-bond donors (Lipinski definition) is 0. The van der Waals surface area contributed by atoms with Gasteiger partial charge in [-0.05, 0) is 24.3 Å². The first kappa shape index (κ1) is 13.7. The van der Waals surface area contributed by atoms with Gasteiger partial charge in [-0.3, -0.25) is 9.59 Å². The van der Waals surface area contributed by atoms with Gasteiger partial charge in [0.05, 0.1) is 25.4 Å². The topological polar surface area (TPSA) is 73.6 Å². The molecule has 1 aromatic heterocycles. The summed E-state index contributed by atoms with van der Waals surface area (Å²) in [4.78, 5) is 34.9. The minimum absolute atomic E-state index is 0.157. The number of esters is 1. The lowest BCUT2D eigenvalue weighted by molar-refractivity contribution is 0.0600. The van der Waals surface area contributed by atoms with Crippen molar-refractivity contribution in [3.8, 4) is 0 Å². The molecule has 0 aliphatic heterocycles. The fraction of sp³-hybridized carbons (Fsp3) is 0.133. The zero-order valence-corrected chi connectivity index (χ0v) is 10.8. The number of furan rings is 1. The molecule has 20 heavy (non-hydrogen) atoms. The zero-order chi connectivity index (χ0) is 14.5. The van der Waals surface area contributed by atoms with Gasteiger partial charge >= 0.3 is 5.97 Å². The van der Waals surface area contributed by atoms with Gasteiger partial charge in [0.15, 0.2) is 11.5 Å². The van der Waals surface area contributed by atoms with Crippen LogP contribution in [0, 0.1) is 0 Å². The first-order chi connectivity index (χ1) is 9.61. The average Bonchev–Trinajstić information content (AvgIpc) is 3.01. The molecule has 0 bridgehead atoms. The monoisotopic (exact) mass is 272 g/mol. The summed E-state index contributed by atoms with van der Waals surface area (Å²) in [6.45, 7) is 0. The lowest BCUT2D eigenvalue weighted by Gasteiger charge is -2.02. The first-order valence-corrected chi connectivity index (χ1v) is 5.90. The SMILES string of the molecule is COC(=O)c1ccc(C(=O)CC(=O)c2ccco2)cc1. The molecule has 1 heterocycles. The summed E-state index contributed by atoms with van der Waals surface area (Å²) in [5, 5.41) is 0. The molecule has 0 unspecified atom stereocenters. The van der Waals surface area contributed by atoms with Crippen LogP contribution < -0.4 is 0 Å². The third-order valence-corrected chi connectivity index (χ3v) is 2.75. The Bertz CT molecular complexity index is 623. The molecule has 0 atom stereocenters. The molecule has 5 nitrogen and oxygen atoms in total. The predicted molar refractivity (Wildman–Crippen MR) is 69.8 cm³/mol. The smallest absolute Gasteiger partial charge is 0.337 e. The van der Waals surface area contributed by atoms with Crippen LogP contribution in [0.5, 0.6) is 0 Å². The Hall–Kier alpha value is -2.69. The molecule has 0 radical (unpaired) electrons. The Morgan fingerprint density at radius 1 is 1.00 bits per heavy atom. The van der Waals surface area contributed by atoms with E-state index >= 15 is 0 Å². The van der Waals surface area contributed by atoms with E-state index in [4.69, 9.17) is 4.42 Å². The number of hydrogen-bond acceptors (Lipinski definition) is 5. The maximum absolute atomic E-state index is 11.9. The van der Waals surface area contributed by atoms with E-state index in [0.29, 0.717) is 11.1 Å². The zero-order valence-electron chi connectivity index (χ0n) is 10.8. The van der Waals surface area contributed by atoms with Crippen LogP contribution in [0.1, 0.15) is 37.7 Å². The number of methoxy groups -OCH3 is 1. The number of ketones is 2. The van der Waals surface area contributed by atoms with E-state index in [9.17, 15) is 14.4 Å². The average molecular weight is 272 g/mol. The van der Waals surface area contributed by atoms with E-state index in [0.717, 1.165) is 0 Å². The van der Waals surface area contributed by atoms with E-state index in [2.05, 4.69) is 4.74 Å². The van der Waals surface area contributed by atoms with Crippen molar-refractivity contribution in [2.24, 2.45) is 0 Å². The summed E-state index contributed by atoms with van der Waals surface area (Å²) >= 11 is 0. The van der Waals surface area contributed by atoms with Crippen molar-refractivity contribution in [2.45, 2.75) is 6.42 Å². The van der Waals surface area contributed by atoms with E-state index in [1.807, 2.05) is 0 Å². The van der Waals surface area contributed by atoms with Crippen LogP contribution in [0.15, 0.2) is 47.1 Å². The van der Waals surface area contributed by atoms with Gasteiger partial charge in [0, 0.05) is 5.56 Å². The predicted octanol–water partition coefficient (Wildman–Crippen LogP) is 2.52. The van der Waals surface area contributed by atoms with Gasteiger partial charge in [0.2, 0.25) is 5.78 Å². The summed E-state index contributed by atoms with van der Waals surface area (Å²) < 4.78 is 9.49. The Balaban J connectivity index is 2.06. The lowest BCUT2D eigenvalue weighted by atomic mass is 10.0. The van der Waals surface area contributed by atoms with Crippen LogP contribution in [0.4, 0.5) is 0 Å². The van der Waals surface area contributed by atoms with E-state index in [1.165, 1.54) is 43.7 Å². The fourth-order valence-corrected chi connectivity index (χ4v) is 1.68. The summed E-state index contributed by atoms with van der Waals surface area (Å²) in [5.74, 6) is -1.03. The maximum Gasteiger partial charge on any atom is 0.337 e. The minimum atomic E-state index is -0.476. The van der Waals surface area contributed by atoms with Gasteiger partial charge in [-0.15, -0.1) is 0 Å². The van der Waals surface area contributed by atoms with Crippen LogP contribution in [0.3, 0.4) is 0 Å². The van der Waals surface area contributed by atoms with E-state index in [-0.39, 0.29) is 23.7 Å². The quantitative estimate of drug-likeness (QED) is 0.475. The molecule has 102 valence electrons. The highest BCUT2D eigenvalue weighted by Gasteiger charge is 2.16. The molecule has 0 N–H and O–H groups in total. The molecule has 5 heteroatoms. The number of ether oxygens (including phenoxy) is 1. The molecule has 0 spiro atoms. The van der Waals surface area contributed by atoms with Crippen molar-refractivity contribution in [2.75, 3.05) is 7.11 Å². The van der Waals surface area contributed by atoms with Crippen LogP contribution in [0.2, 0.25) is 0 Å². The van der Waals surface area contributed by atoms with Crippen LogP contribution in [0.25, 0.3) is 0 Å². The fourth-order valence-electron chi connectivity index (χ4n) is 1.68. The van der Waals surface area contributed by atoms with Crippen molar-refractivity contribution in [1.29, 1.82) is 0 Å². The Labute approximate surface area is 115 Å². The number of carbonyl (C=O) groups excluding carboxylic acids is 3. The molecule has 0 amide bonds.